The summed E-state index contributed by atoms with van der Waals surface area (Å²) in [6, 6.07) is 5.17. The second-order valence-electron chi connectivity index (χ2n) is 2.60. The number of ketones is 1. The first-order chi connectivity index (χ1) is 5.65. The number of nitrogens with two attached hydrogens (primary N) is 1. The Bertz CT molecular complexity index is 329. The molecule has 0 bridgehead atoms. The molecule has 2 nitrogen and oxygen atoms in total. The Labute approximate surface area is 71.7 Å². The van der Waals surface area contributed by atoms with E-state index in [2.05, 4.69) is 6.58 Å². The van der Waals surface area contributed by atoms with E-state index in [9.17, 15) is 4.79 Å². The van der Waals surface area contributed by atoms with Crippen molar-refractivity contribution in [1.82, 2.24) is 0 Å². The van der Waals surface area contributed by atoms with Gasteiger partial charge in [-0.1, -0.05) is 12.7 Å². The molecule has 0 unspecified atom stereocenters. The van der Waals surface area contributed by atoms with Gasteiger partial charge in [-0.15, -0.1) is 0 Å². The van der Waals surface area contributed by atoms with Crippen LogP contribution in [0.15, 0.2) is 24.8 Å². The Balaban J connectivity index is 3.22. The Morgan fingerprint density at radius 2 is 2.25 bits per heavy atom. The van der Waals surface area contributed by atoms with Crippen LogP contribution >= 0.6 is 0 Å². The maximum atomic E-state index is 10.9. The summed E-state index contributed by atoms with van der Waals surface area (Å²) in [5, 5.41) is 0. The predicted octanol–water partition coefficient (Wildman–Crippen LogP) is 2.11. The highest BCUT2D eigenvalue weighted by atomic mass is 16.1. The highest BCUT2D eigenvalue weighted by Crippen LogP contribution is 2.15. The largest absolute Gasteiger partial charge is 0.398 e. The van der Waals surface area contributed by atoms with Crippen molar-refractivity contribution in [2.75, 3.05) is 5.73 Å². The van der Waals surface area contributed by atoms with E-state index in [1.54, 1.807) is 24.3 Å². The zero-order valence-corrected chi connectivity index (χ0v) is 7.00. The molecule has 0 aliphatic rings. The molecule has 0 amide bonds. The van der Waals surface area contributed by atoms with E-state index < -0.39 is 0 Å². The lowest BCUT2D eigenvalue weighted by atomic mass is 10.1. The minimum Gasteiger partial charge on any atom is -0.398 e. The molecule has 0 fully saturated rings. The fraction of sp³-hybridized carbons (Fsp3) is 0.100. The van der Waals surface area contributed by atoms with Gasteiger partial charge in [-0.05, 0) is 30.7 Å². The van der Waals surface area contributed by atoms with Crippen molar-refractivity contribution in [3.05, 3.63) is 35.9 Å². The Morgan fingerprint density at radius 1 is 1.58 bits per heavy atom. The highest BCUT2D eigenvalue weighted by molar-refractivity contribution is 5.95. The molecule has 2 N–H and O–H groups in total. The minimum atomic E-state index is 0.0399. The molecule has 1 aromatic rings. The molecule has 0 aromatic heterocycles. The molecular formula is C10H11NO. The van der Waals surface area contributed by atoms with Gasteiger partial charge in [0.25, 0.3) is 0 Å². The van der Waals surface area contributed by atoms with Crippen LogP contribution in [0.5, 0.6) is 0 Å². The van der Waals surface area contributed by atoms with Gasteiger partial charge in [0.15, 0.2) is 5.78 Å². The first-order valence-corrected chi connectivity index (χ1v) is 3.68. The van der Waals surface area contributed by atoms with Crippen LogP contribution in [0.2, 0.25) is 0 Å². The van der Waals surface area contributed by atoms with Gasteiger partial charge in [-0.2, -0.15) is 0 Å². The molecule has 0 atom stereocenters. The van der Waals surface area contributed by atoms with Crippen molar-refractivity contribution in [2.24, 2.45) is 0 Å². The number of carbonyl (C=O) groups excluding carboxylic acids is 1. The SMILES string of the molecule is C=Cc1cc(C(C)=O)ccc1N. The molecule has 0 saturated carbocycles. The van der Waals surface area contributed by atoms with Gasteiger partial charge in [-0.3, -0.25) is 4.79 Å². The number of rotatable bonds is 2. The maximum absolute atomic E-state index is 10.9. The van der Waals surface area contributed by atoms with E-state index in [1.807, 2.05) is 0 Å². The first kappa shape index (κ1) is 8.53. The van der Waals surface area contributed by atoms with Gasteiger partial charge in [0.1, 0.15) is 0 Å². The molecule has 62 valence electrons. The van der Waals surface area contributed by atoms with Crippen molar-refractivity contribution >= 4 is 17.5 Å². The van der Waals surface area contributed by atoms with E-state index >= 15 is 0 Å². The highest BCUT2D eigenvalue weighted by Gasteiger charge is 2.00. The molecule has 0 spiro atoms. The molecule has 1 aromatic carbocycles. The molecule has 0 saturated heterocycles. The zero-order valence-electron chi connectivity index (χ0n) is 7.00. The van der Waals surface area contributed by atoms with Crippen LogP contribution < -0.4 is 5.73 Å². The summed E-state index contributed by atoms with van der Waals surface area (Å²) in [6.45, 7) is 5.13. The van der Waals surface area contributed by atoms with Gasteiger partial charge in [0, 0.05) is 11.3 Å². The first-order valence-electron chi connectivity index (χ1n) is 3.68. The third-order valence-electron chi connectivity index (χ3n) is 1.71. The summed E-state index contributed by atoms with van der Waals surface area (Å²) in [5.74, 6) is 0.0399. The average molecular weight is 161 g/mol. The Hall–Kier alpha value is -1.57. The second-order valence-corrected chi connectivity index (χ2v) is 2.60. The monoisotopic (exact) mass is 161 g/mol. The molecule has 0 aliphatic heterocycles. The van der Waals surface area contributed by atoms with Crippen LogP contribution in [0.25, 0.3) is 6.08 Å². The number of hydrogen-bond donors (Lipinski definition) is 1. The van der Waals surface area contributed by atoms with Crippen molar-refractivity contribution < 1.29 is 4.79 Å². The summed E-state index contributed by atoms with van der Waals surface area (Å²) >= 11 is 0. The number of hydrogen-bond acceptors (Lipinski definition) is 2. The Kier molecular flexibility index (Phi) is 2.29. The number of anilines is 1. The number of Topliss-reactive ketones (excluding diaryl/α,β-unsaturated/α-hetero) is 1. The van der Waals surface area contributed by atoms with Crippen LogP contribution in [-0.4, -0.2) is 5.78 Å². The second kappa shape index (κ2) is 3.22. The topological polar surface area (TPSA) is 43.1 Å². The van der Waals surface area contributed by atoms with E-state index in [0.717, 1.165) is 5.56 Å². The van der Waals surface area contributed by atoms with Gasteiger partial charge in [0.2, 0.25) is 0 Å². The standard InChI is InChI=1S/C10H11NO/c1-3-8-6-9(7(2)12)4-5-10(8)11/h3-6H,1,11H2,2H3. The number of nitrogen functional groups attached to an aromatic ring is 1. The molecular weight excluding hydrogens is 150 g/mol. The van der Waals surface area contributed by atoms with E-state index in [0.29, 0.717) is 11.3 Å². The lowest BCUT2D eigenvalue weighted by molar-refractivity contribution is 0.101. The Morgan fingerprint density at radius 3 is 2.75 bits per heavy atom. The fourth-order valence-corrected chi connectivity index (χ4v) is 0.971. The van der Waals surface area contributed by atoms with Gasteiger partial charge >= 0.3 is 0 Å². The molecule has 0 aliphatic carbocycles. The number of carbonyl (C=O) groups is 1. The van der Waals surface area contributed by atoms with Crippen LogP contribution in [0.1, 0.15) is 22.8 Å². The predicted molar refractivity (Wildman–Crippen MR) is 50.9 cm³/mol. The van der Waals surface area contributed by atoms with E-state index in [4.69, 9.17) is 5.73 Å². The lowest BCUT2D eigenvalue weighted by Gasteiger charge is -2.01. The van der Waals surface area contributed by atoms with Gasteiger partial charge in [-0.25, -0.2) is 0 Å². The van der Waals surface area contributed by atoms with Crippen LogP contribution in [0, 0.1) is 0 Å². The zero-order chi connectivity index (χ0) is 9.14. The summed E-state index contributed by atoms with van der Waals surface area (Å²) < 4.78 is 0. The molecule has 0 radical (unpaired) electrons. The maximum Gasteiger partial charge on any atom is 0.159 e. The smallest absolute Gasteiger partial charge is 0.159 e. The summed E-state index contributed by atoms with van der Waals surface area (Å²) in [4.78, 5) is 10.9. The normalized spacial score (nSPS) is 9.42. The third-order valence-corrected chi connectivity index (χ3v) is 1.71. The van der Waals surface area contributed by atoms with Crippen LogP contribution in [-0.2, 0) is 0 Å². The number of benzene rings is 1. The molecule has 2 heteroatoms. The fourth-order valence-electron chi connectivity index (χ4n) is 0.971. The van der Waals surface area contributed by atoms with Crippen LogP contribution in [0.3, 0.4) is 0 Å². The summed E-state index contributed by atoms with van der Waals surface area (Å²) in [5.41, 5.74) is 7.74. The van der Waals surface area contributed by atoms with Crippen molar-refractivity contribution in [1.29, 1.82) is 0 Å². The summed E-state index contributed by atoms with van der Waals surface area (Å²) in [6.07, 6.45) is 1.64. The van der Waals surface area contributed by atoms with Crippen LogP contribution in [0.4, 0.5) is 5.69 Å². The minimum absolute atomic E-state index is 0.0399. The van der Waals surface area contributed by atoms with E-state index in [1.165, 1.54) is 6.92 Å². The molecule has 0 heterocycles. The van der Waals surface area contributed by atoms with Crippen molar-refractivity contribution in [3.8, 4) is 0 Å². The van der Waals surface area contributed by atoms with Gasteiger partial charge < -0.3 is 5.73 Å². The molecule has 1 rings (SSSR count). The summed E-state index contributed by atoms with van der Waals surface area (Å²) in [7, 11) is 0. The molecule has 12 heavy (non-hydrogen) atoms. The van der Waals surface area contributed by atoms with Gasteiger partial charge in [0.05, 0.1) is 0 Å². The van der Waals surface area contributed by atoms with Crippen molar-refractivity contribution in [2.45, 2.75) is 6.92 Å². The van der Waals surface area contributed by atoms with E-state index in [-0.39, 0.29) is 5.78 Å². The quantitative estimate of drug-likeness (QED) is 0.533. The third kappa shape index (κ3) is 1.53. The average Bonchev–Trinajstić information content (AvgIpc) is 2.05. The van der Waals surface area contributed by atoms with Crippen molar-refractivity contribution in [3.63, 3.8) is 0 Å². The lowest BCUT2D eigenvalue weighted by Crippen LogP contribution is -1.95.